The van der Waals surface area contributed by atoms with Gasteiger partial charge in [-0.15, -0.1) is 0 Å². The van der Waals surface area contributed by atoms with Crippen LogP contribution in [0.15, 0.2) is 18.2 Å². The summed E-state index contributed by atoms with van der Waals surface area (Å²) in [7, 11) is 3.79. The number of fused-ring (bicyclic) bond motifs is 1. The van der Waals surface area contributed by atoms with E-state index in [1.54, 1.807) is 0 Å². The van der Waals surface area contributed by atoms with Crippen molar-refractivity contribution in [3.05, 3.63) is 23.8 Å². The largest absolute Gasteiger partial charge is 0.454 e. The van der Waals surface area contributed by atoms with Crippen molar-refractivity contribution in [2.45, 2.75) is 39.4 Å². The van der Waals surface area contributed by atoms with Crippen LogP contribution in [0.3, 0.4) is 0 Å². The number of benzene rings is 1. The van der Waals surface area contributed by atoms with E-state index in [1.165, 1.54) is 5.56 Å². The lowest BCUT2D eigenvalue weighted by molar-refractivity contribution is -0.123. The Labute approximate surface area is 144 Å². The summed E-state index contributed by atoms with van der Waals surface area (Å²) in [6.07, 6.45) is 0.879. The molecule has 1 aromatic carbocycles. The quantitative estimate of drug-likeness (QED) is 0.733. The number of nitrogens with one attached hydrogen (secondary N) is 1. The molecule has 1 aliphatic heterocycles. The van der Waals surface area contributed by atoms with Gasteiger partial charge in [-0.25, -0.2) is 0 Å². The molecular formula is C18H29N3O3. The van der Waals surface area contributed by atoms with E-state index in [9.17, 15) is 4.79 Å². The molecule has 2 unspecified atom stereocenters. The number of rotatable bonds is 8. The van der Waals surface area contributed by atoms with Crippen LogP contribution in [0, 0.1) is 0 Å². The van der Waals surface area contributed by atoms with Crippen molar-refractivity contribution in [2.24, 2.45) is 0 Å². The lowest BCUT2D eigenvalue weighted by Gasteiger charge is -2.34. The maximum absolute atomic E-state index is 12.0. The molecule has 6 heteroatoms. The molecule has 2 rings (SSSR count). The predicted molar refractivity (Wildman–Crippen MR) is 94.3 cm³/mol. The Kier molecular flexibility index (Phi) is 6.45. The zero-order chi connectivity index (χ0) is 17.7. The number of nitrogens with zero attached hydrogens (tertiary/aromatic N) is 2. The molecule has 24 heavy (non-hydrogen) atoms. The van der Waals surface area contributed by atoms with Gasteiger partial charge in [0.1, 0.15) is 0 Å². The minimum atomic E-state index is -0.00791. The zero-order valence-electron chi connectivity index (χ0n) is 15.3. The number of carbonyl (C=O) groups is 1. The van der Waals surface area contributed by atoms with Gasteiger partial charge in [-0.1, -0.05) is 13.0 Å². The third kappa shape index (κ3) is 4.85. The van der Waals surface area contributed by atoms with Crippen LogP contribution in [0.1, 0.15) is 26.3 Å². The summed E-state index contributed by atoms with van der Waals surface area (Å²) in [5, 5.41) is 3.07. The minimum Gasteiger partial charge on any atom is -0.454 e. The second-order valence-corrected chi connectivity index (χ2v) is 6.55. The van der Waals surface area contributed by atoms with Crippen molar-refractivity contribution in [1.82, 2.24) is 15.1 Å². The fourth-order valence-corrected chi connectivity index (χ4v) is 3.14. The third-order valence-corrected chi connectivity index (χ3v) is 4.23. The lowest BCUT2D eigenvalue weighted by Crippen LogP contribution is -2.52. The van der Waals surface area contributed by atoms with Gasteiger partial charge in [0.25, 0.3) is 0 Å². The first kappa shape index (κ1) is 18.5. The smallest absolute Gasteiger partial charge is 0.235 e. The Balaban J connectivity index is 1.95. The summed E-state index contributed by atoms with van der Waals surface area (Å²) >= 11 is 0. The van der Waals surface area contributed by atoms with Crippen LogP contribution in [0.2, 0.25) is 0 Å². The first-order valence-electron chi connectivity index (χ1n) is 8.49. The molecule has 0 saturated heterocycles. The number of hydrogen-bond acceptors (Lipinski definition) is 5. The van der Waals surface area contributed by atoms with Gasteiger partial charge in [0, 0.05) is 6.04 Å². The van der Waals surface area contributed by atoms with Gasteiger partial charge in [-0.05, 0) is 58.6 Å². The highest BCUT2D eigenvalue weighted by molar-refractivity contribution is 5.78. The van der Waals surface area contributed by atoms with E-state index in [2.05, 4.69) is 30.1 Å². The fraction of sp³-hybridized carbons (Fsp3) is 0.611. The van der Waals surface area contributed by atoms with E-state index in [-0.39, 0.29) is 12.1 Å². The average molecular weight is 335 g/mol. The van der Waals surface area contributed by atoms with Crippen molar-refractivity contribution in [2.75, 3.05) is 34.0 Å². The van der Waals surface area contributed by atoms with Crippen LogP contribution in [-0.4, -0.2) is 61.9 Å². The van der Waals surface area contributed by atoms with Crippen molar-refractivity contribution in [3.8, 4) is 11.5 Å². The predicted octanol–water partition coefficient (Wildman–Crippen LogP) is 1.69. The van der Waals surface area contributed by atoms with Crippen LogP contribution < -0.4 is 14.8 Å². The van der Waals surface area contributed by atoms with E-state index in [0.717, 1.165) is 24.5 Å². The molecule has 0 saturated carbocycles. The molecule has 0 aromatic heterocycles. The maximum atomic E-state index is 12.0. The highest BCUT2D eigenvalue weighted by Crippen LogP contribution is 2.33. The van der Waals surface area contributed by atoms with Crippen molar-refractivity contribution in [3.63, 3.8) is 0 Å². The summed E-state index contributed by atoms with van der Waals surface area (Å²) in [5.41, 5.74) is 1.21. The molecule has 0 spiro atoms. The molecule has 1 N–H and O–H groups in total. The van der Waals surface area contributed by atoms with Crippen LogP contribution in [-0.2, 0) is 11.2 Å². The molecule has 0 radical (unpaired) electrons. The molecule has 1 aromatic rings. The topological polar surface area (TPSA) is 54.0 Å². The first-order chi connectivity index (χ1) is 11.4. The minimum absolute atomic E-state index is 0.00791. The molecule has 0 fully saturated rings. The Morgan fingerprint density at radius 2 is 1.96 bits per heavy atom. The zero-order valence-corrected chi connectivity index (χ0v) is 15.3. The molecule has 134 valence electrons. The van der Waals surface area contributed by atoms with E-state index in [4.69, 9.17) is 9.47 Å². The van der Waals surface area contributed by atoms with E-state index >= 15 is 0 Å². The molecule has 2 atom stereocenters. The molecule has 0 aliphatic carbocycles. The summed E-state index contributed by atoms with van der Waals surface area (Å²) in [4.78, 5) is 16.1. The number of likely N-dealkylation sites (N-methyl/N-ethyl adjacent to an activating group) is 2. The van der Waals surface area contributed by atoms with Gasteiger partial charge in [0.15, 0.2) is 11.5 Å². The van der Waals surface area contributed by atoms with Gasteiger partial charge >= 0.3 is 0 Å². The van der Waals surface area contributed by atoms with E-state index in [1.807, 2.05) is 38.1 Å². The standard InChI is InChI=1S/C18H29N3O3/c1-6-21(14(3)19-18(22)11-20(4)5)13(2)9-15-7-8-16-17(10-15)24-12-23-16/h7-8,10,13-14H,6,9,11-12H2,1-5H3,(H,19,22). The SMILES string of the molecule is CCN(C(C)Cc1ccc2c(c1)OCO2)C(C)NC(=O)CN(C)C. The summed E-state index contributed by atoms with van der Waals surface area (Å²) < 4.78 is 10.8. The molecule has 0 bridgehead atoms. The monoisotopic (exact) mass is 335 g/mol. The number of ether oxygens (including phenoxy) is 2. The molecule has 1 heterocycles. The Morgan fingerprint density at radius 1 is 1.25 bits per heavy atom. The van der Waals surface area contributed by atoms with Crippen molar-refractivity contribution < 1.29 is 14.3 Å². The number of amides is 1. The molecule has 6 nitrogen and oxygen atoms in total. The maximum Gasteiger partial charge on any atom is 0.235 e. The first-order valence-corrected chi connectivity index (χ1v) is 8.49. The third-order valence-electron chi connectivity index (χ3n) is 4.23. The average Bonchev–Trinajstić information content (AvgIpc) is 2.94. The second-order valence-electron chi connectivity index (χ2n) is 6.55. The Morgan fingerprint density at radius 3 is 2.62 bits per heavy atom. The van der Waals surface area contributed by atoms with Gasteiger partial charge in [-0.2, -0.15) is 0 Å². The van der Waals surface area contributed by atoms with Crippen LogP contribution >= 0.6 is 0 Å². The normalized spacial score (nSPS) is 15.6. The van der Waals surface area contributed by atoms with Crippen molar-refractivity contribution in [1.29, 1.82) is 0 Å². The summed E-state index contributed by atoms with van der Waals surface area (Å²) in [6.45, 7) is 7.90. The van der Waals surface area contributed by atoms with Crippen LogP contribution in [0.25, 0.3) is 0 Å². The molecule has 1 aliphatic rings. The van der Waals surface area contributed by atoms with Crippen molar-refractivity contribution >= 4 is 5.91 Å². The van der Waals surface area contributed by atoms with Gasteiger partial charge in [0.05, 0.1) is 12.7 Å². The fourth-order valence-electron chi connectivity index (χ4n) is 3.14. The highest BCUT2D eigenvalue weighted by Gasteiger charge is 2.21. The number of hydrogen-bond donors (Lipinski definition) is 1. The summed E-state index contributed by atoms with van der Waals surface area (Å²) in [6, 6.07) is 6.38. The highest BCUT2D eigenvalue weighted by atomic mass is 16.7. The molecular weight excluding hydrogens is 306 g/mol. The van der Waals surface area contributed by atoms with Crippen LogP contribution in [0.5, 0.6) is 11.5 Å². The second kappa shape index (κ2) is 8.35. The lowest BCUT2D eigenvalue weighted by atomic mass is 10.0. The van der Waals surface area contributed by atoms with Gasteiger partial charge < -0.3 is 19.7 Å². The summed E-state index contributed by atoms with van der Waals surface area (Å²) in [5.74, 6) is 1.67. The Bertz CT molecular complexity index is 562. The van der Waals surface area contributed by atoms with E-state index < -0.39 is 0 Å². The van der Waals surface area contributed by atoms with E-state index in [0.29, 0.717) is 19.4 Å². The van der Waals surface area contributed by atoms with Crippen LogP contribution in [0.4, 0.5) is 0 Å². The molecule has 1 amide bonds. The van der Waals surface area contributed by atoms with Gasteiger partial charge in [-0.3, -0.25) is 9.69 Å². The van der Waals surface area contributed by atoms with Gasteiger partial charge in [0.2, 0.25) is 12.7 Å². The Hall–Kier alpha value is -1.79. The number of carbonyl (C=O) groups excluding carboxylic acids is 1.